The summed E-state index contributed by atoms with van der Waals surface area (Å²) in [6.07, 6.45) is 2.28. The molecule has 0 bridgehead atoms. The van der Waals surface area contributed by atoms with Crippen molar-refractivity contribution in [1.29, 1.82) is 0 Å². The third-order valence-corrected chi connectivity index (χ3v) is 3.46. The van der Waals surface area contributed by atoms with E-state index in [2.05, 4.69) is 26.6 Å². The lowest BCUT2D eigenvalue weighted by Gasteiger charge is -2.17. The minimum Gasteiger partial charge on any atom is -0.381 e. The highest BCUT2D eigenvalue weighted by atomic mass is 79.9. The van der Waals surface area contributed by atoms with Gasteiger partial charge in [-0.3, -0.25) is 4.79 Å². The predicted molar refractivity (Wildman–Crippen MR) is 68.4 cm³/mol. The molecule has 1 fully saturated rings. The van der Waals surface area contributed by atoms with Crippen LogP contribution in [0.25, 0.3) is 0 Å². The Morgan fingerprint density at radius 3 is 3.12 bits per heavy atom. The standard InChI is InChI=1S/C12H14BrFN2O/c13-10-4-3-8(14)6-11(10)16-9-2-1-5-15-12(17)7-9/h3-4,6,9,16H,1-2,5,7H2,(H,15,17). The molecular weight excluding hydrogens is 287 g/mol. The zero-order valence-corrected chi connectivity index (χ0v) is 10.9. The normalized spacial score (nSPS) is 20.6. The predicted octanol–water partition coefficient (Wildman–Crippen LogP) is 2.67. The molecule has 92 valence electrons. The maximum atomic E-state index is 13.1. The number of halogens is 2. The highest BCUT2D eigenvalue weighted by Gasteiger charge is 2.17. The Bertz CT molecular complexity index is 425. The van der Waals surface area contributed by atoms with Crippen LogP contribution in [0.1, 0.15) is 19.3 Å². The van der Waals surface area contributed by atoms with Crippen LogP contribution in [-0.4, -0.2) is 18.5 Å². The second-order valence-electron chi connectivity index (χ2n) is 4.16. The van der Waals surface area contributed by atoms with Gasteiger partial charge in [-0.1, -0.05) is 0 Å². The van der Waals surface area contributed by atoms with Gasteiger partial charge in [0.25, 0.3) is 0 Å². The molecule has 1 aliphatic heterocycles. The number of nitrogens with one attached hydrogen (secondary N) is 2. The van der Waals surface area contributed by atoms with Gasteiger partial charge in [-0.25, -0.2) is 4.39 Å². The third kappa shape index (κ3) is 3.43. The van der Waals surface area contributed by atoms with Gasteiger partial charge in [0.2, 0.25) is 5.91 Å². The second-order valence-corrected chi connectivity index (χ2v) is 5.02. The molecule has 0 aromatic heterocycles. The third-order valence-electron chi connectivity index (χ3n) is 2.77. The average Bonchev–Trinajstić information content (AvgIpc) is 2.48. The fraction of sp³-hybridized carbons (Fsp3) is 0.417. The van der Waals surface area contributed by atoms with Crippen LogP contribution in [0.3, 0.4) is 0 Å². The van der Waals surface area contributed by atoms with E-state index in [-0.39, 0.29) is 17.8 Å². The van der Waals surface area contributed by atoms with Crippen LogP contribution in [0, 0.1) is 5.82 Å². The summed E-state index contributed by atoms with van der Waals surface area (Å²) in [5, 5.41) is 6.03. The maximum absolute atomic E-state index is 13.1. The van der Waals surface area contributed by atoms with Crippen molar-refractivity contribution in [2.45, 2.75) is 25.3 Å². The molecule has 0 saturated carbocycles. The smallest absolute Gasteiger partial charge is 0.222 e. The molecule has 2 N–H and O–H groups in total. The minimum atomic E-state index is -0.284. The van der Waals surface area contributed by atoms with Gasteiger partial charge >= 0.3 is 0 Å². The highest BCUT2D eigenvalue weighted by Crippen LogP contribution is 2.25. The van der Waals surface area contributed by atoms with Crippen LogP contribution in [0.4, 0.5) is 10.1 Å². The van der Waals surface area contributed by atoms with Gasteiger partial charge in [0.15, 0.2) is 0 Å². The number of carbonyl (C=O) groups is 1. The molecule has 17 heavy (non-hydrogen) atoms. The number of carbonyl (C=O) groups excluding carboxylic acids is 1. The summed E-state index contributed by atoms with van der Waals surface area (Å²) in [7, 11) is 0. The molecule has 1 unspecified atom stereocenters. The van der Waals surface area contributed by atoms with Gasteiger partial charge in [0, 0.05) is 23.5 Å². The van der Waals surface area contributed by atoms with E-state index in [9.17, 15) is 9.18 Å². The summed E-state index contributed by atoms with van der Waals surface area (Å²) in [5.41, 5.74) is 0.699. The number of amides is 1. The van der Waals surface area contributed by atoms with Crippen molar-refractivity contribution in [3.63, 3.8) is 0 Å². The first-order valence-electron chi connectivity index (χ1n) is 5.63. The zero-order valence-electron chi connectivity index (χ0n) is 9.30. The van der Waals surface area contributed by atoms with Crippen molar-refractivity contribution in [3.8, 4) is 0 Å². The molecule has 1 atom stereocenters. The zero-order chi connectivity index (χ0) is 12.3. The second kappa shape index (κ2) is 5.49. The van der Waals surface area contributed by atoms with Crippen molar-refractivity contribution in [2.75, 3.05) is 11.9 Å². The van der Waals surface area contributed by atoms with E-state index in [4.69, 9.17) is 0 Å². The molecule has 1 heterocycles. The Morgan fingerprint density at radius 1 is 1.47 bits per heavy atom. The van der Waals surface area contributed by atoms with Gasteiger partial charge in [-0.2, -0.15) is 0 Å². The summed E-state index contributed by atoms with van der Waals surface area (Å²) < 4.78 is 13.9. The van der Waals surface area contributed by atoms with Crippen molar-refractivity contribution in [2.24, 2.45) is 0 Å². The topological polar surface area (TPSA) is 41.1 Å². The molecular formula is C12H14BrFN2O. The molecule has 1 amide bonds. The number of anilines is 1. The Morgan fingerprint density at radius 2 is 2.29 bits per heavy atom. The molecule has 3 nitrogen and oxygen atoms in total. The fourth-order valence-corrected chi connectivity index (χ4v) is 2.29. The first kappa shape index (κ1) is 12.4. The van der Waals surface area contributed by atoms with Crippen molar-refractivity contribution >= 4 is 27.5 Å². The average molecular weight is 301 g/mol. The highest BCUT2D eigenvalue weighted by molar-refractivity contribution is 9.10. The molecule has 0 radical (unpaired) electrons. The van der Waals surface area contributed by atoms with Gasteiger partial charge in [-0.15, -0.1) is 0 Å². The van der Waals surface area contributed by atoms with Crippen LogP contribution < -0.4 is 10.6 Å². The van der Waals surface area contributed by atoms with Crippen LogP contribution in [0.2, 0.25) is 0 Å². The van der Waals surface area contributed by atoms with Crippen LogP contribution in [0.15, 0.2) is 22.7 Å². The van der Waals surface area contributed by atoms with Crippen molar-refractivity contribution in [1.82, 2.24) is 5.32 Å². The van der Waals surface area contributed by atoms with E-state index in [0.29, 0.717) is 12.1 Å². The number of hydrogen-bond acceptors (Lipinski definition) is 2. The molecule has 1 aliphatic rings. The largest absolute Gasteiger partial charge is 0.381 e. The Kier molecular flexibility index (Phi) is 3.99. The van der Waals surface area contributed by atoms with Gasteiger partial charge in [-0.05, 0) is 47.0 Å². The van der Waals surface area contributed by atoms with E-state index >= 15 is 0 Å². The minimum absolute atomic E-state index is 0.0486. The fourth-order valence-electron chi connectivity index (χ4n) is 1.93. The molecule has 0 spiro atoms. The van der Waals surface area contributed by atoms with Crippen molar-refractivity contribution in [3.05, 3.63) is 28.5 Å². The van der Waals surface area contributed by atoms with Crippen LogP contribution in [-0.2, 0) is 4.79 Å². The molecule has 1 aromatic rings. The Labute approximate surface area is 108 Å². The maximum Gasteiger partial charge on any atom is 0.222 e. The lowest BCUT2D eigenvalue weighted by atomic mass is 10.1. The quantitative estimate of drug-likeness (QED) is 0.882. The number of rotatable bonds is 2. The summed E-state index contributed by atoms with van der Waals surface area (Å²) in [6.45, 7) is 0.724. The number of hydrogen-bond donors (Lipinski definition) is 2. The molecule has 0 aliphatic carbocycles. The lowest BCUT2D eigenvalue weighted by Crippen LogP contribution is -2.26. The monoisotopic (exact) mass is 300 g/mol. The van der Waals surface area contributed by atoms with E-state index in [1.54, 1.807) is 6.07 Å². The summed E-state index contributed by atoms with van der Waals surface area (Å²) >= 11 is 3.36. The van der Waals surface area contributed by atoms with E-state index in [1.165, 1.54) is 12.1 Å². The molecule has 5 heteroatoms. The van der Waals surface area contributed by atoms with Gasteiger partial charge < -0.3 is 10.6 Å². The molecule has 1 saturated heterocycles. The van der Waals surface area contributed by atoms with Crippen LogP contribution >= 0.6 is 15.9 Å². The summed E-state index contributed by atoms with van der Waals surface area (Å²) in [6, 6.07) is 4.56. The Balaban J connectivity index is 2.08. The lowest BCUT2D eigenvalue weighted by molar-refractivity contribution is -0.120. The van der Waals surface area contributed by atoms with E-state index < -0.39 is 0 Å². The van der Waals surface area contributed by atoms with Gasteiger partial charge in [0.05, 0.1) is 5.69 Å². The first-order valence-corrected chi connectivity index (χ1v) is 6.43. The van der Waals surface area contributed by atoms with E-state index in [1.807, 2.05) is 0 Å². The van der Waals surface area contributed by atoms with Gasteiger partial charge in [0.1, 0.15) is 5.82 Å². The van der Waals surface area contributed by atoms with Crippen molar-refractivity contribution < 1.29 is 9.18 Å². The molecule has 2 rings (SSSR count). The first-order chi connectivity index (χ1) is 8.15. The Hall–Kier alpha value is -1.10. The van der Waals surface area contributed by atoms with E-state index in [0.717, 1.165) is 23.9 Å². The summed E-state index contributed by atoms with van der Waals surface area (Å²) in [5.74, 6) is -0.235. The SMILES string of the molecule is O=C1CC(Nc2cc(F)ccc2Br)CCCN1. The number of benzene rings is 1. The summed E-state index contributed by atoms with van der Waals surface area (Å²) in [4.78, 5) is 11.4. The van der Waals surface area contributed by atoms with Crippen LogP contribution in [0.5, 0.6) is 0 Å². The molecule has 1 aromatic carbocycles.